The zero-order valence-electron chi connectivity index (χ0n) is 19.7. The Bertz CT molecular complexity index is 1020. The van der Waals surface area contributed by atoms with Crippen molar-refractivity contribution < 1.29 is 9.84 Å². The molecule has 0 aromatic heterocycles. The van der Waals surface area contributed by atoms with E-state index in [1.807, 2.05) is 0 Å². The summed E-state index contributed by atoms with van der Waals surface area (Å²) < 4.78 is 6.30. The third-order valence-corrected chi connectivity index (χ3v) is 6.54. The van der Waals surface area contributed by atoms with Crippen molar-refractivity contribution in [2.45, 2.75) is 64.2 Å². The van der Waals surface area contributed by atoms with Crippen molar-refractivity contribution in [1.82, 2.24) is 5.32 Å². The molecule has 0 radical (unpaired) electrons. The van der Waals surface area contributed by atoms with Crippen LogP contribution < -0.4 is 5.32 Å². The smallest absolute Gasteiger partial charge is 0.0898 e. The predicted octanol–water partition coefficient (Wildman–Crippen LogP) is 5.84. The van der Waals surface area contributed by atoms with Crippen LogP contribution in [0.15, 0.2) is 66.7 Å². The van der Waals surface area contributed by atoms with Crippen molar-refractivity contribution in [2.75, 3.05) is 13.2 Å². The Balaban J connectivity index is 1.30. The molecular formula is C29H37NO2. The van der Waals surface area contributed by atoms with E-state index in [0.717, 1.165) is 12.8 Å². The van der Waals surface area contributed by atoms with Crippen LogP contribution in [-0.4, -0.2) is 29.9 Å². The number of aryl methyl sites for hydroxylation is 1. The van der Waals surface area contributed by atoms with Crippen LogP contribution in [0.5, 0.6) is 0 Å². The summed E-state index contributed by atoms with van der Waals surface area (Å²) in [6.45, 7) is 7.46. The zero-order chi connectivity index (χ0) is 22.6. The van der Waals surface area contributed by atoms with Crippen LogP contribution in [-0.2, 0) is 17.6 Å². The van der Waals surface area contributed by atoms with Crippen LogP contribution in [0, 0.1) is 5.92 Å². The molecule has 0 spiro atoms. The van der Waals surface area contributed by atoms with Gasteiger partial charge < -0.3 is 15.2 Å². The number of aliphatic hydroxyl groups is 1. The van der Waals surface area contributed by atoms with Gasteiger partial charge in [0.15, 0.2) is 0 Å². The first kappa shape index (κ1) is 23.0. The van der Waals surface area contributed by atoms with Crippen molar-refractivity contribution in [2.24, 2.45) is 5.92 Å². The summed E-state index contributed by atoms with van der Waals surface area (Å²) in [6.07, 6.45) is 3.92. The lowest BCUT2D eigenvalue weighted by Crippen LogP contribution is -2.46. The van der Waals surface area contributed by atoms with Gasteiger partial charge in [-0.1, -0.05) is 73.7 Å². The van der Waals surface area contributed by atoms with Crippen molar-refractivity contribution in [1.29, 1.82) is 0 Å². The number of aliphatic hydroxyl groups excluding tert-OH is 1. The van der Waals surface area contributed by atoms with E-state index in [4.69, 9.17) is 4.74 Å². The highest BCUT2D eigenvalue weighted by atomic mass is 16.5. The maximum absolute atomic E-state index is 10.7. The Morgan fingerprint density at radius 3 is 2.47 bits per heavy atom. The van der Waals surface area contributed by atoms with E-state index in [0.29, 0.717) is 19.1 Å². The monoisotopic (exact) mass is 431 g/mol. The maximum Gasteiger partial charge on any atom is 0.0898 e. The lowest BCUT2D eigenvalue weighted by atomic mass is 9.93. The first-order valence-corrected chi connectivity index (χ1v) is 12.1. The van der Waals surface area contributed by atoms with Gasteiger partial charge in [-0.2, -0.15) is 0 Å². The minimum absolute atomic E-state index is 0.103. The Morgan fingerprint density at radius 2 is 1.72 bits per heavy atom. The zero-order valence-corrected chi connectivity index (χ0v) is 19.7. The third-order valence-electron chi connectivity index (χ3n) is 6.54. The second-order valence-electron chi connectivity index (χ2n) is 9.92. The van der Waals surface area contributed by atoms with Gasteiger partial charge >= 0.3 is 0 Å². The van der Waals surface area contributed by atoms with E-state index in [1.54, 1.807) is 0 Å². The van der Waals surface area contributed by atoms with Gasteiger partial charge in [0.05, 0.1) is 18.8 Å². The van der Waals surface area contributed by atoms with Gasteiger partial charge in [-0.25, -0.2) is 0 Å². The molecule has 0 heterocycles. The van der Waals surface area contributed by atoms with Crippen molar-refractivity contribution in [3.05, 3.63) is 83.4 Å². The van der Waals surface area contributed by atoms with Crippen LogP contribution in [0.3, 0.4) is 0 Å². The van der Waals surface area contributed by atoms with E-state index in [2.05, 4.69) is 92.8 Å². The summed E-state index contributed by atoms with van der Waals surface area (Å²) in [5.74, 6) is 0.590. The standard InChI is InChI=1S/C29H37NO2/c1-4-22-9-7-8-12-27(22)28(24-15-16-24)32-20-26(31)19-30-29(2,3)18-21-13-14-23-10-5-6-11-25(23)17-21/h5-14,17,24,26,28,30-31H,4,15-16,18-20H2,1-3H3. The molecule has 2 unspecified atom stereocenters. The summed E-state index contributed by atoms with van der Waals surface area (Å²) in [7, 11) is 0. The van der Waals surface area contributed by atoms with Crippen LogP contribution >= 0.6 is 0 Å². The van der Waals surface area contributed by atoms with Gasteiger partial charge in [-0.3, -0.25) is 0 Å². The summed E-state index contributed by atoms with van der Waals surface area (Å²) >= 11 is 0. The number of hydrogen-bond acceptors (Lipinski definition) is 3. The molecule has 1 aliphatic rings. The van der Waals surface area contributed by atoms with Crippen molar-refractivity contribution in [3.63, 3.8) is 0 Å². The van der Waals surface area contributed by atoms with Crippen LogP contribution in [0.2, 0.25) is 0 Å². The molecule has 170 valence electrons. The molecule has 1 aliphatic carbocycles. The van der Waals surface area contributed by atoms with Gasteiger partial charge in [-0.05, 0) is 72.9 Å². The van der Waals surface area contributed by atoms with Gasteiger partial charge in [0.2, 0.25) is 0 Å². The summed E-state index contributed by atoms with van der Waals surface area (Å²) in [6, 6.07) is 23.7. The van der Waals surface area contributed by atoms with Crippen molar-refractivity contribution in [3.8, 4) is 0 Å². The van der Waals surface area contributed by atoms with Gasteiger partial charge in [0.1, 0.15) is 0 Å². The van der Waals surface area contributed by atoms with E-state index < -0.39 is 6.10 Å². The summed E-state index contributed by atoms with van der Waals surface area (Å²) in [5, 5.41) is 16.8. The van der Waals surface area contributed by atoms with Crippen LogP contribution in [0.4, 0.5) is 0 Å². The number of benzene rings is 3. The van der Waals surface area contributed by atoms with Crippen LogP contribution in [0.25, 0.3) is 10.8 Å². The van der Waals surface area contributed by atoms with Gasteiger partial charge in [0, 0.05) is 12.1 Å². The second kappa shape index (κ2) is 10.2. The van der Waals surface area contributed by atoms with E-state index in [-0.39, 0.29) is 11.6 Å². The SMILES string of the molecule is CCc1ccccc1C(OCC(O)CNC(C)(C)Cc1ccc2ccccc2c1)C1CC1. The first-order valence-electron chi connectivity index (χ1n) is 12.1. The van der Waals surface area contributed by atoms with Gasteiger partial charge in [-0.15, -0.1) is 0 Å². The first-order chi connectivity index (χ1) is 15.4. The quantitative estimate of drug-likeness (QED) is 0.401. The molecule has 0 saturated heterocycles. The van der Waals surface area contributed by atoms with Crippen molar-refractivity contribution >= 4 is 10.8 Å². The molecule has 3 nitrogen and oxygen atoms in total. The fourth-order valence-electron chi connectivity index (χ4n) is 4.60. The molecule has 1 fully saturated rings. The van der Waals surface area contributed by atoms with E-state index in [9.17, 15) is 5.11 Å². The molecule has 4 rings (SSSR count). The largest absolute Gasteiger partial charge is 0.389 e. The number of β-amino-alcohol motifs (C(OH)–C–C–N with tert-alkyl or cyclic N) is 1. The topological polar surface area (TPSA) is 41.5 Å². The molecular weight excluding hydrogens is 394 g/mol. The normalized spacial score (nSPS) is 16.2. The number of nitrogens with one attached hydrogen (secondary N) is 1. The number of ether oxygens (including phenoxy) is 1. The molecule has 2 N–H and O–H groups in total. The lowest BCUT2D eigenvalue weighted by molar-refractivity contribution is -0.0214. The number of hydrogen-bond donors (Lipinski definition) is 2. The Kier molecular flexibility index (Phi) is 7.30. The molecule has 0 amide bonds. The number of fused-ring (bicyclic) bond motifs is 1. The Morgan fingerprint density at radius 1 is 1.00 bits per heavy atom. The minimum atomic E-state index is -0.527. The molecule has 2 atom stereocenters. The Hall–Kier alpha value is -2.20. The fraction of sp³-hybridized carbons (Fsp3) is 0.448. The molecule has 3 heteroatoms. The van der Waals surface area contributed by atoms with Gasteiger partial charge in [0.25, 0.3) is 0 Å². The molecule has 3 aromatic rings. The predicted molar refractivity (Wildman–Crippen MR) is 133 cm³/mol. The summed E-state index contributed by atoms with van der Waals surface area (Å²) in [4.78, 5) is 0. The molecule has 0 aliphatic heterocycles. The lowest BCUT2D eigenvalue weighted by Gasteiger charge is -2.29. The second-order valence-corrected chi connectivity index (χ2v) is 9.92. The third kappa shape index (κ3) is 5.98. The highest BCUT2D eigenvalue weighted by Gasteiger charge is 2.34. The minimum Gasteiger partial charge on any atom is -0.389 e. The highest BCUT2D eigenvalue weighted by Crippen LogP contribution is 2.44. The molecule has 32 heavy (non-hydrogen) atoms. The fourth-order valence-corrected chi connectivity index (χ4v) is 4.60. The van der Waals surface area contributed by atoms with Crippen LogP contribution in [0.1, 0.15) is 56.4 Å². The molecule has 1 saturated carbocycles. The number of rotatable bonds is 11. The summed E-state index contributed by atoms with van der Waals surface area (Å²) in [5.41, 5.74) is 3.84. The highest BCUT2D eigenvalue weighted by molar-refractivity contribution is 5.83. The molecule has 0 bridgehead atoms. The maximum atomic E-state index is 10.7. The average molecular weight is 432 g/mol. The molecule has 3 aromatic carbocycles. The average Bonchev–Trinajstić information content (AvgIpc) is 3.63. The van der Waals surface area contributed by atoms with E-state index >= 15 is 0 Å². The Labute approximate surface area is 192 Å². The van der Waals surface area contributed by atoms with E-state index in [1.165, 1.54) is 40.3 Å².